The number of hydrogen-bond donors (Lipinski definition) is 1. The predicted octanol–water partition coefficient (Wildman–Crippen LogP) is 2.91. The van der Waals surface area contributed by atoms with Crippen LogP contribution in [-0.2, 0) is 12.1 Å². The van der Waals surface area contributed by atoms with E-state index in [1.165, 1.54) is 5.56 Å². The molecule has 0 aliphatic carbocycles. The SMILES string of the molecule is C#CCOc1cccc(CN2CCC(O)(c3ccc4c(c3)OCO4)CC2)c1. The van der Waals surface area contributed by atoms with Crippen molar-refractivity contribution < 1.29 is 19.3 Å². The van der Waals surface area contributed by atoms with Gasteiger partial charge in [0, 0.05) is 19.6 Å². The van der Waals surface area contributed by atoms with E-state index in [-0.39, 0.29) is 13.4 Å². The Bertz CT molecular complexity index is 850. The van der Waals surface area contributed by atoms with Crippen molar-refractivity contribution in [2.24, 2.45) is 0 Å². The van der Waals surface area contributed by atoms with Crippen LogP contribution in [0.2, 0.25) is 0 Å². The zero-order valence-electron chi connectivity index (χ0n) is 15.2. The number of benzene rings is 2. The second-order valence-corrected chi connectivity index (χ2v) is 7.02. The average Bonchev–Trinajstić information content (AvgIpc) is 3.16. The third kappa shape index (κ3) is 3.87. The molecular formula is C22H23NO4. The summed E-state index contributed by atoms with van der Waals surface area (Å²) in [7, 11) is 0. The number of aliphatic hydroxyl groups is 1. The molecule has 1 N–H and O–H groups in total. The summed E-state index contributed by atoms with van der Waals surface area (Å²) in [6, 6.07) is 13.7. The predicted molar refractivity (Wildman–Crippen MR) is 102 cm³/mol. The number of fused-ring (bicyclic) bond motifs is 1. The lowest BCUT2D eigenvalue weighted by molar-refractivity contribution is -0.0278. The van der Waals surface area contributed by atoms with Crippen LogP contribution >= 0.6 is 0 Å². The second-order valence-electron chi connectivity index (χ2n) is 7.02. The van der Waals surface area contributed by atoms with Gasteiger partial charge in [-0.15, -0.1) is 6.42 Å². The second kappa shape index (κ2) is 7.51. The lowest BCUT2D eigenvalue weighted by atomic mass is 9.84. The highest BCUT2D eigenvalue weighted by Crippen LogP contribution is 2.39. The highest BCUT2D eigenvalue weighted by Gasteiger charge is 2.35. The molecule has 1 saturated heterocycles. The molecule has 1 fully saturated rings. The van der Waals surface area contributed by atoms with Crippen molar-refractivity contribution in [3.63, 3.8) is 0 Å². The lowest BCUT2D eigenvalue weighted by Crippen LogP contribution is -2.42. The van der Waals surface area contributed by atoms with Crippen molar-refractivity contribution in [2.75, 3.05) is 26.5 Å². The summed E-state index contributed by atoms with van der Waals surface area (Å²) in [6.45, 7) is 2.98. The molecule has 0 unspecified atom stereocenters. The molecule has 0 radical (unpaired) electrons. The van der Waals surface area contributed by atoms with E-state index in [9.17, 15) is 5.11 Å². The number of piperidine rings is 1. The Labute approximate surface area is 159 Å². The smallest absolute Gasteiger partial charge is 0.231 e. The van der Waals surface area contributed by atoms with Crippen LogP contribution in [0.5, 0.6) is 17.2 Å². The van der Waals surface area contributed by atoms with Gasteiger partial charge in [-0.2, -0.15) is 0 Å². The largest absolute Gasteiger partial charge is 0.481 e. The van der Waals surface area contributed by atoms with Crippen LogP contribution in [0.3, 0.4) is 0 Å². The minimum atomic E-state index is -0.824. The first-order valence-electron chi connectivity index (χ1n) is 9.16. The molecule has 0 amide bonds. The number of likely N-dealkylation sites (tertiary alicyclic amines) is 1. The van der Waals surface area contributed by atoms with Crippen molar-refractivity contribution in [2.45, 2.75) is 25.0 Å². The van der Waals surface area contributed by atoms with Gasteiger partial charge in [-0.1, -0.05) is 24.1 Å². The van der Waals surface area contributed by atoms with E-state index in [0.29, 0.717) is 18.6 Å². The van der Waals surface area contributed by atoms with Gasteiger partial charge in [0.25, 0.3) is 0 Å². The minimum absolute atomic E-state index is 0.245. The molecule has 0 spiro atoms. The maximum absolute atomic E-state index is 11.1. The molecule has 2 aliphatic rings. The van der Waals surface area contributed by atoms with Gasteiger partial charge in [0.15, 0.2) is 11.5 Å². The molecule has 2 aliphatic heterocycles. The third-order valence-electron chi connectivity index (χ3n) is 5.22. The Hall–Kier alpha value is -2.68. The Morgan fingerprint density at radius 1 is 1.11 bits per heavy atom. The Morgan fingerprint density at radius 2 is 1.93 bits per heavy atom. The Morgan fingerprint density at radius 3 is 2.74 bits per heavy atom. The van der Waals surface area contributed by atoms with Crippen molar-refractivity contribution >= 4 is 0 Å². The van der Waals surface area contributed by atoms with Gasteiger partial charge in [-0.25, -0.2) is 0 Å². The van der Waals surface area contributed by atoms with Gasteiger partial charge in [-0.05, 0) is 48.2 Å². The lowest BCUT2D eigenvalue weighted by Gasteiger charge is -2.38. The first kappa shape index (κ1) is 17.7. The molecule has 140 valence electrons. The molecule has 2 aromatic carbocycles. The van der Waals surface area contributed by atoms with Gasteiger partial charge in [-0.3, -0.25) is 4.90 Å². The molecule has 27 heavy (non-hydrogen) atoms. The van der Waals surface area contributed by atoms with Gasteiger partial charge >= 0.3 is 0 Å². The van der Waals surface area contributed by atoms with Gasteiger partial charge in [0.2, 0.25) is 6.79 Å². The molecule has 5 nitrogen and oxygen atoms in total. The zero-order chi connectivity index (χ0) is 18.7. The number of ether oxygens (including phenoxy) is 3. The maximum atomic E-state index is 11.1. The van der Waals surface area contributed by atoms with E-state index in [1.54, 1.807) is 0 Å². The quantitative estimate of drug-likeness (QED) is 0.826. The summed E-state index contributed by atoms with van der Waals surface area (Å²) in [5.74, 6) is 4.73. The molecule has 5 heteroatoms. The van der Waals surface area contributed by atoms with Crippen LogP contribution in [0.15, 0.2) is 42.5 Å². The fourth-order valence-corrected chi connectivity index (χ4v) is 3.67. The topological polar surface area (TPSA) is 51.2 Å². The van der Waals surface area contributed by atoms with Crippen molar-refractivity contribution in [1.82, 2.24) is 4.90 Å². The van der Waals surface area contributed by atoms with E-state index >= 15 is 0 Å². The molecule has 0 aromatic heterocycles. The van der Waals surface area contributed by atoms with Crippen LogP contribution in [-0.4, -0.2) is 36.5 Å². The first-order chi connectivity index (χ1) is 13.2. The molecule has 2 heterocycles. The minimum Gasteiger partial charge on any atom is -0.481 e. The summed E-state index contributed by atoms with van der Waals surface area (Å²) >= 11 is 0. The normalized spacial score (nSPS) is 18.1. The van der Waals surface area contributed by atoms with Crippen LogP contribution in [0.1, 0.15) is 24.0 Å². The summed E-state index contributed by atoms with van der Waals surface area (Å²) in [4.78, 5) is 2.35. The average molecular weight is 365 g/mol. The Kier molecular flexibility index (Phi) is 4.93. The van der Waals surface area contributed by atoms with Gasteiger partial charge in [0.1, 0.15) is 12.4 Å². The number of rotatable bonds is 5. The van der Waals surface area contributed by atoms with Crippen molar-refractivity contribution in [3.8, 4) is 29.6 Å². The molecule has 4 rings (SSSR count). The molecule has 0 saturated carbocycles. The van der Waals surface area contributed by atoms with Crippen LogP contribution in [0.25, 0.3) is 0 Å². The van der Waals surface area contributed by atoms with E-state index in [1.807, 2.05) is 36.4 Å². The fraction of sp³-hybridized carbons (Fsp3) is 0.364. The van der Waals surface area contributed by atoms with Crippen molar-refractivity contribution in [1.29, 1.82) is 0 Å². The van der Waals surface area contributed by atoms with E-state index in [4.69, 9.17) is 20.6 Å². The number of nitrogens with zero attached hydrogens (tertiary/aromatic N) is 1. The van der Waals surface area contributed by atoms with E-state index < -0.39 is 5.60 Å². The standard InChI is InChI=1S/C22H23NO4/c1-2-12-25-19-5-3-4-17(13-19)15-23-10-8-22(24,9-11-23)18-6-7-20-21(14-18)27-16-26-20/h1,3-7,13-14,24H,8-12,15-16H2. The number of hydrogen-bond acceptors (Lipinski definition) is 5. The highest BCUT2D eigenvalue weighted by atomic mass is 16.7. The highest BCUT2D eigenvalue weighted by molar-refractivity contribution is 5.46. The Balaban J connectivity index is 1.38. The van der Waals surface area contributed by atoms with E-state index in [2.05, 4.69) is 16.9 Å². The summed E-state index contributed by atoms with van der Waals surface area (Å²) in [6.07, 6.45) is 6.61. The van der Waals surface area contributed by atoms with Crippen molar-refractivity contribution in [3.05, 3.63) is 53.6 Å². The molecule has 0 bridgehead atoms. The monoisotopic (exact) mass is 365 g/mol. The van der Waals surface area contributed by atoms with E-state index in [0.717, 1.165) is 36.7 Å². The molecule has 2 aromatic rings. The van der Waals surface area contributed by atoms with Crippen LogP contribution < -0.4 is 14.2 Å². The molecule has 0 atom stereocenters. The summed E-state index contributed by atoms with van der Waals surface area (Å²) in [5, 5.41) is 11.1. The summed E-state index contributed by atoms with van der Waals surface area (Å²) in [5.41, 5.74) is 1.25. The van der Waals surface area contributed by atoms with Crippen LogP contribution in [0, 0.1) is 12.3 Å². The van der Waals surface area contributed by atoms with Gasteiger partial charge in [0.05, 0.1) is 5.60 Å². The number of terminal acetylenes is 1. The first-order valence-corrected chi connectivity index (χ1v) is 9.16. The maximum Gasteiger partial charge on any atom is 0.231 e. The van der Waals surface area contributed by atoms with Gasteiger partial charge < -0.3 is 19.3 Å². The molecular weight excluding hydrogens is 342 g/mol. The summed E-state index contributed by atoms with van der Waals surface area (Å²) < 4.78 is 16.3. The third-order valence-corrected chi connectivity index (χ3v) is 5.22. The fourth-order valence-electron chi connectivity index (χ4n) is 3.67. The van der Waals surface area contributed by atoms with Crippen LogP contribution in [0.4, 0.5) is 0 Å². The zero-order valence-corrected chi connectivity index (χ0v) is 15.2.